The summed E-state index contributed by atoms with van der Waals surface area (Å²) in [5, 5.41) is 9.16. The zero-order chi connectivity index (χ0) is 15.8. The molecule has 0 saturated carbocycles. The molecule has 0 aliphatic carbocycles. The van der Waals surface area contributed by atoms with Gasteiger partial charge in [-0.05, 0) is 45.2 Å². The van der Waals surface area contributed by atoms with Gasteiger partial charge in [-0.25, -0.2) is 8.42 Å². The second-order valence-electron chi connectivity index (χ2n) is 6.40. The molecule has 1 unspecified atom stereocenters. The Morgan fingerprint density at radius 1 is 1.10 bits per heavy atom. The van der Waals surface area contributed by atoms with Crippen LogP contribution >= 0.6 is 0 Å². The Morgan fingerprint density at radius 3 is 1.95 bits per heavy atom. The highest BCUT2D eigenvalue weighted by Gasteiger charge is 2.50. The Labute approximate surface area is 122 Å². The largest absolute Gasteiger partial charge is 0.223 e. The lowest BCUT2D eigenvalue weighted by molar-refractivity contribution is 0.208. The molecule has 0 heterocycles. The summed E-state index contributed by atoms with van der Waals surface area (Å²) in [4.78, 5) is 0.311. The Hall–Kier alpha value is -1.34. The highest BCUT2D eigenvalue weighted by atomic mass is 32.2. The van der Waals surface area contributed by atoms with E-state index in [0.29, 0.717) is 4.90 Å². The SMILES string of the molecule is Cc1ccc(S(=O)(=O)C(C)(C)C(C)(C)C(C)C#N)cc1. The van der Waals surface area contributed by atoms with Crippen molar-refractivity contribution in [3.63, 3.8) is 0 Å². The molecule has 0 amide bonds. The molecule has 1 aromatic rings. The minimum Gasteiger partial charge on any atom is -0.223 e. The van der Waals surface area contributed by atoms with Crippen LogP contribution in [-0.2, 0) is 9.84 Å². The van der Waals surface area contributed by atoms with Gasteiger partial charge in [0.25, 0.3) is 0 Å². The Morgan fingerprint density at radius 2 is 1.55 bits per heavy atom. The molecule has 0 N–H and O–H groups in total. The predicted molar refractivity (Wildman–Crippen MR) is 81.0 cm³/mol. The van der Waals surface area contributed by atoms with Crippen LogP contribution in [0.3, 0.4) is 0 Å². The van der Waals surface area contributed by atoms with Crippen molar-refractivity contribution in [1.29, 1.82) is 5.26 Å². The molecule has 3 nitrogen and oxygen atoms in total. The van der Waals surface area contributed by atoms with Gasteiger partial charge in [0.15, 0.2) is 9.84 Å². The molecule has 1 rings (SSSR count). The van der Waals surface area contributed by atoms with Gasteiger partial charge in [0, 0.05) is 0 Å². The average Bonchev–Trinajstić information content (AvgIpc) is 2.37. The van der Waals surface area contributed by atoms with E-state index in [1.54, 1.807) is 45.0 Å². The van der Waals surface area contributed by atoms with E-state index in [2.05, 4.69) is 6.07 Å². The van der Waals surface area contributed by atoms with Crippen molar-refractivity contribution in [1.82, 2.24) is 0 Å². The molecule has 20 heavy (non-hydrogen) atoms. The molecule has 0 aliphatic rings. The first kappa shape index (κ1) is 16.7. The molecule has 0 aromatic heterocycles. The smallest absolute Gasteiger partial charge is 0.184 e. The second kappa shape index (κ2) is 5.21. The topological polar surface area (TPSA) is 57.9 Å². The number of hydrogen-bond acceptors (Lipinski definition) is 3. The number of rotatable bonds is 4. The Balaban J connectivity index is 3.40. The van der Waals surface area contributed by atoms with Crippen molar-refractivity contribution >= 4 is 9.84 Å². The minimum absolute atomic E-state index is 0.311. The molecule has 110 valence electrons. The van der Waals surface area contributed by atoms with E-state index in [-0.39, 0.29) is 5.92 Å². The van der Waals surface area contributed by atoms with Gasteiger partial charge in [0.2, 0.25) is 0 Å². The third-order valence-electron chi connectivity index (χ3n) is 4.83. The maximum absolute atomic E-state index is 12.9. The zero-order valence-electron chi connectivity index (χ0n) is 13.1. The third-order valence-corrected chi connectivity index (χ3v) is 7.59. The number of sulfone groups is 1. The Bertz CT molecular complexity index is 619. The lowest BCUT2D eigenvalue weighted by Gasteiger charge is -2.42. The molecule has 0 aliphatic heterocycles. The van der Waals surface area contributed by atoms with Gasteiger partial charge in [0.1, 0.15) is 0 Å². The lowest BCUT2D eigenvalue weighted by Crippen LogP contribution is -2.49. The molecule has 1 aromatic carbocycles. The maximum Gasteiger partial charge on any atom is 0.184 e. The molecule has 4 heteroatoms. The van der Waals surface area contributed by atoms with Crippen LogP contribution in [0.4, 0.5) is 0 Å². The molecular formula is C16H23NO2S. The fourth-order valence-electron chi connectivity index (χ4n) is 2.04. The summed E-state index contributed by atoms with van der Waals surface area (Å²) in [6.45, 7) is 10.8. The molecule has 0 radical (unpaired) electrons. The number of aryl methyl sites for hydroxylation is 1. The van der Waals surface area contributed by atoms with Crippen molar-refractivity contribution in [3.8, 4) is 6.07 Å². The first-order valence-electron chi connectivity index (χ1n) is 6.69. The number of benzene rings is 1. The summed E-state index contributed by atoms with van der Waals surface area (Å²) >= 11 is 0. The van der Waals surface area contributed by atoms with Gasteiger partial charge in [-0.2, -0.15) is 5.26 Å². The fourth-order valence-corrected chi connectivity index (χ4v) is 3.99. The van der Waals surface area contributed by atoms with E-state index in [1.165, 1.54) is 0 Å². The van der Waals surface area contributed by atoms with Crippen LogP contribution < -0.4 is 0 Å². The van der Waals surface area contributed by atoms with Crippen molar-refractivity contribution in [2.45, 2.75) is 51.2 Å². The third kappa shape index (κ3) is 2.47. The van der Waals surface area contributed by atoms with Crippen LogP contribution in [0, 0.1) is 29.6 Å². The highest BCUT2D eigenvalue weighted by molar-refractivity contribution is 7.92. The normalized spacial score (nSPS) is 14.7. The molecule has 0 bridgehead atoms. The van der Waals surface area contributed by atoms with Gasteiger partial charge in [0.05, 0.1) is 21.6 Å². The lowest BCUT2D eigenvalue weighted by atomic mass is 9.71. The van der Waals surface area contributed by atoms with Crippen molar-refractivity contribution in [2.75, 3.05) is 0 Å². The maximum atomic E-state index is 12.9. The van der Waals surface area contributed by atoms with Gasteiger partial charge in [-0.15, -0.1) is 0 Å². The molecular weight excluding hydrogens is 270 g/mol. The van der Waals surface area contributed by atoms with Gasteiger partial charge in [-0.1, -0.05) is 31.5 Å². The molecule has 0 fully saturated rings. The number of nitriles is 1. The van der Waals surface area contributed by atoms with Crippen LogP contribution in [0.2, 0.25) is 0 Å². The van der Waals surface area contributed by atoms with E-state index >= 15 is 0 Å². The van der Waals surface area contributed by atoms with Crippen LogP contribution in [-0.4, -0.2) is 13.2 Å². The van der Waals surface area contributed by atoms with Crippen LogP contribution in [0.15, 0.2) is 29.2 Å². The van der Waals surface area contributed by atoms with Crippen molar-refractivity contribution < 1.29 is 8.42 Å². The highest BCUT2D eigenvalue weighted by Crippen LogP contribution is 2.45. The first-order chi connectivity index (χ1) is 8.98. The molecule has 0 saturated heterocycles. The molecule has 1 atom stereocenters. The summed E-state index contributed by atoms with van der Waals surface area (Å²) in [5.74, 6) is -0.363. The van der Waals surface area contributed by atoms with E-state index in [4.69, 9.17) is 5.26 Å². The second-order valence-corrected chi connectivity index (χ2v) is 8.90. The number of hydrogen-bond donors (Lipinski definition) is 0. The standard InChI is InChI=1S/C16H23NO2S/c1-12-7-9-14(10-8-12)20(18,19)16(5,6)15(3,4)13(2)11-17/h7-10,13H,1-6H3. The van der Waals surface area contributed by atoms with Crippen molar-refractivity contribution in [2.24, 2.45) is 11.3 Å². The van der Waals surface area contributed by atoms with Crippen LogP contribution in [0.25, 0.3) is 0 Å². The number of nitrogens with zero attached hydrogens (tertiary/aromatic N) is 1. The first-order valence-corrected chi connectivity index (χ1v) is 8.17. The minimum atomic E-state index is -3.52. The quantitative estimate of drug-likeness (QED) is 0.849. The zero-order valence-corrected chi connectivity index (χ0v) is 13.9. The predicted octanol–water partition coefficient (Wildman–Crippen LogP) is 3.73. The van der Waals surface area contributed by atoms with E-state index in [1.807, 2.05) is 20.8 Å². The summed E-state index contributed by atoms with van der Waals surface area (Å²) in [5.41, 5.74) is 0.359. The van der Waals surface area contributed by atoms with E-state index in [0.717, 1.165) is 5.56 Å². The average molecular weight is 293 g/mol. The van der Waals surface area contributed by atoms with Gasteiger partial charge in [-0.3, -0.25) is 0 Å². The van der Waals surface area contributed by atoms with Crippen LogP contribution in [0.1, 0.15) is 40.2 Å². The summed E-state index contributed by atoms with van der Waals surface area (Å²) in [6.07, 6.45) is 0. The van der Waals surface area contributed by atoms with Gasteiger partial charge >= 0.3 is 0 Å². The summed E-state index contributed by atoms with van der Waals surface area (Å²) < 4.78 is 24.8. The Kier molecular flexibility index (Phi) is 4.36. The van der Waals surface area contributed by atoms with Crippen LogP contribution in [0.5, 0.6) is 0 Å². The monoisotopic (exact) mass is 293 g/mol. The van der Waals surface area contributed by atoms with E-state index < -0.39 is 20.0 Å². The van der Waals surface area contributed by atoms with Gasteiger partial charge < -0.3 is 0 Å². The summed E-state index contributed by atoms with van der Waals surface area (Å²) in [6, 6.07) is 9.05. The van der Waals surface area contributed by atoms with E-state index in [9.17, 15) is 8.42 Å². The van der Waals surface area contributed by atoms with Crippen molar-refractivity contribution in [3.05, 3.63) is 29.8 Å². The fraction of sp³-hybridized carbons (Fsp3) is 0.562. The molecule has 0 spiro atoms. The summed E-state index contributed by atoms with van der Waals surface area (Å²) in [7, 11) is -3.52.